The zero-order valence-corrected chi connectivity index (χ0v) is 9.92. The minimum Gasteiger partial charge on any atom is -0.480 e. The minimum absolute atomic E-state index is 0.0278. The zero-order valence-electron chi connectivity index (χ0n) is 9.17. The topological polar surface area (TPSA) is 48.4 Å². The van der Waals surface area contributed by atoms with Gasteiger partial charge >= 0.3 is 5.97 Å². The van der Waals surface area contributed by atoms with Crippen LogP contribution in [0.4, 0.5) is 8.78 Å². The lowest BCUT2D eigenvalue weighted by Crippen LogP contribution is -2.11. The predicted molar refractivity (Wildman–Crippen MR) is 56.7 cm³/mol. The van der Waals surface area contributed by atoms with Gasteiger partial charge in [0.2, 0.25) is 5.88 Å². The number of aromatic nitrogens is 1. The number of carbonyl (C=O) groups is 1. The Balaban J connectivity index is 3.27. The molecular formula is C10H10ClF2NO3. The Labute approximate surface area is 101 Å². The lowest BCUT2D eigenvalue weighted by atomic mass is 10.2. The van der Waals surface area contributed by atoms with Crippen molar-refractivity contribution in [3.8, 4) is 5.88 Å². The molecule has 1 aromatic rings. The normalized spacial score (nSPS) is 10.5. The molecule has 0 bridgehead atoms. The minimum atomic E-state index is -2.92. The molecule has 7 heteroatoms. The molecule has 0 aliphatic rings. The summed E-state index contributed by atoms with van der Waals surface area (Å²) in [5, 5.41) is -0.0278. The first kappa shape index (κ1) is 13.6. The highest BCUT2D eigenvalue weighted by molar-refractivity contribution is 6.32. The van der Waals surface area contributed by atoms with Gasteiger partial charge in [-0.25, -0.2) is 18.6 Å². The summed E-state index contributed by atoms with van der Waals surface area (Å²) < 4.78 is 34.8. The van der Waals surface area contributed by atoms with E-state index in [9.17, 15) is 13.6 Å². The van der Waals surface area contributed by atoms with Gasteiger partial charge in [-0.15, -0.1) is 0 Å². The van der Waals surface area contributed by atoms with Crippen LogP contribution in [0, 0.1) is 0 Å². The number of methoxy groups -OCH3 is 1. The molecule has 0 radical (unpaired) electrons. The van der Waals surface area contributed by atoms with Crippen molar-refractivity contribution >= 4 is 17.6 Å². The molecule has 1 aromatic heterocycles. The van der Waals surface area contributed by atoms with Crippen LogP contribution in [0.1, 0.15) is 29.4 Å². The summed E-state index contributed by atoms with van der Waals surface area (Å²) in [5.41, 5.74) is -1.06. The Morgan fingerprint density at radius 1 is 1.59 bits per heavy atom. The molecule has 1 rings (SSSR count). The third-order valence-electron chi connectivity index (χ3n) is 1.87. The fourth-order valence-electron chi connectivity index (χ4n) is 1.17. The van der Waals surface area contributed by atoms with Crippen LogP contribution in [0.25, 0.3) is 0 Å². The number of esters is 1. The molecule has 94 valence electrons. The molecular weight excluding hydrogens is 256 g/mol. The van der Waals surface area contributed by atoms with E-state index >= 15 is 0 Å². The number of hydrogen-bond donors (Lipinski definition) is 0. The Hall–Kier alpha value is -1.43. The number of halogens is 3. The van der Waals surface area contributed by atoms with Crippen LogP contribution in [0.2, 0.25) is 5.02 Å². The number of ether oxygens (including phenoxy) is 2. The monoisotopic (exact) mass is 265 g/mol. The molecule has 0 fully saturated rings. The highest BCUT2D eigenvalue weighted by Gasteiger charge is 2.24. The first-order chi connectivity index (χ1) is 8.01. The van der Waals surface area contributed by atoms with Gasteiger partial charge in [-0.1, -0.05) is 11.6 Å². The van der Waals surface area contributed by atoms with Gasteiger partial charge in [0.25, 0.3) is 6.43 Å². The first-order valence-corrected chi connectivity index (χ1v) is 5.08. The van der Waals surface area contributed by atoms with E-state index in [1.54, 1.807) is 6.92 Å². The predicted octanol–water partition coefficient (Wildman–Crippen LogP) is 2.86. The number of alkyl halides is 2. The average molecular weight is 266 g/mol. The number of rotatable bonds is 4. The van der Waals surface area contributed by atoms with E-state index in [4.69, 9.17) is 16.3 Å². The molecule has 0 unspecified atom stereocenters. The van der Waals surface area contributed by atoms with Gasteiger partial charge in [0.1, 0.15) is 10.7 Å². The largest absolute Gasteiger partial charge is 0.480 e. The fraction of sp³-hybridized carbons (Fsp3) is 0.400. The van der Waals surface area contributed by atoms with Crippen molar-refractivity contribution in [2.24, 2.45) is 0 Å². The van der Waals surface area contributed by atoms with Gasteiger partial charge in [-0.05, 0) is 13.0 Å². The van der Waals surface area contributed by atoms with Crippen molar-refractivity contribution in [2.75, 3.05) is 13.7 Å². The fourth-order valence-corrected chi connectivity index (χ4v) is 1.40. The van der Waals surface area contributed by atoms with Gasteiger partial charge < -0.3 is 9.47 Å². The molecule has 0 saturated carbocycles. The molecule has 1 heterocycles. The van der Waals surface area contributed by atoms with E-state index in [0.717, 1.165) is 6.07 Å². The second-order valence-corrected chi connectivity index (χ2v) is 3.34. The summed E-state index contributed by atoms with van der Waals surface area (Å²) in [6.07, 6.45) is -2.92. The van der Waals surface area contributed by atoms with Crippen LogP contribution in [0.15, 0.2) is 6.07 Å². The van der Waals surface area contributed by atoms with Crippen molar-refractivity contribution in [2.45, 2.75) is 13.3 Å². The van der Waals surface area contributed by atoms with E-state index in [-0.39, 0.29) is 23.1 Å². The van der Waals surface area contributed by atoms with Crippen molar-refractivity contribution in [3.63, 3.8) is 0 Å². The Morgan fingerprint density at radius 2 is 2.24 bits per heavy atom. The smallest absolute Gasteiger partial charge is 0.340 e. The van der Waals surface area contributed by atoms with Gasteiger partial charge in [0.15, 0.2) is 0 Å². The molecule has 17 heavy (non-hydrogen) atoms. The average Bonchev–Trinajstić information content (AvgIpc) is 2.28. The molecule has 0 atom stereocenters. The highest BCUT2D eigenvalue weighted by atomic mass is 35.5. The lowest BCUT2D eigenvalue weighted by Gasteiger charge is -2.10. The number of hydrogen-bond acceptors (Lipinski definition) is 4. The Morgan fingerprint density at radius 3 is 2.71 bits per heavy atom. The second kappa shape index (κ2) is 5.77. The van der Waals surface area contributed by atoms with E-state index in [1.165, 1.54) is 7.11 Å². The molecule has 4 nitrogen and oxygen atoms in total. The second-order valence-electron chi connectivity index (χ2n) is 2.93. The molecule has 0 amide bonds. The summed E-state index contributed by atoms with van der Waals surface area (Å²) in [7, 11) is 1.24. The summed E-state index contributed by atoms with van der Waals surface area (Å²) in [6, 6.07) is 1.06. The van der Waals surface area contributed by atoms with E-state index in [0.29, 0.717) is 0 Å². The van der Waals surface area contributed by atoms with Gasteiger partial charge in [0, 0.05) is 0 Å². The van der Waals surface area contributed by atoms with Crippen LogP contribution < -0.4 is 4.74 Å². The van der Waals surface area contributed by atoms with E-state index in [2.05, 4.69) is 9.72 Å². The van der Waals surface area contributed by atoms with Crippen LogP contribution in [-0.4, -0.2) is 24.7 Å². The van der Waals surface area contributed by atoms with Gasteiger partial charge in [0.05, 0.1) is 19.3 Å². The van der Waals surface area contributed by atoms with Crippen LogP contribution >= 0.6 is 11.6 Å². The lowest BCUT2D eigenvalue weighted by molar-refractivity contribution is 0.0513. The number of carbonyl (C=O) groups excluding carboxylic acids is 1. The summed E-state index contributed by atoms with van der Waals surface area (Å²) >= 11 is 5.71. The molecule has 0 N–H and O–H groups in total. The van der Waals surface area contributed by atoms with E-state index in [1.807, 2.05) is 0 Å². The Bertz CT molecular complexity index is 426. The summed E-state index contributed by atoms with van der Waals surface area (Å²) in [6.45, 7) is 1.64. The van der Waals surface area contributed by atoms with Crippen LogP contribution in [0.3, 0.4) is 0 Å². The molecule has 0 saturated heterocycles. The van der Waals surface area contributed by atoms with Crippen LogP contribution in [-0.2, 0) is 4.74 Å². The van der Waals surface area contributed by atoms with Crippen molar-refractivity contribution in [1.82, 2.24) is 4.98 Å². The molecule has 0 aliphatic heterocycles. The standard InChI is InChI=1S/C10H10ClF2NO3/c1-3-17-10(15)5-4-6(11)9(16-2)14-7(5)8(12)13/h4,8H,3H2,1-2H3. The van der Waals surface area contributed by atoms with Gasteiger partial charge in [-0.3, -0.25) is 0 Å². The number of nitrogens with zero attached hydrogens (tertiary/aromatic N) is 1. The third kappa shape index (κ3) is 3.03. The quantitative estimate of drug-likeness (QED) is 0.786. The summed E-state index contributed by atoms with van der Waals surface area (Å²) in [5.74, 6) is -1.05. The highest BCUT2D eigenvalue weighted by Crippen LogP contribution is 2.30. The van der Waals surface area contributed by atoms with E-state index < -0.39 is 18.1 Å². The molecule has 0 spiro atoms. The first-order valence-electron chi connectivity index (χ1n) is 4.71. The third-order valence-corrected chi connectivity index (χ3v) is 2.14. The van der Waals surface area contributed by atoms with Crippen LogP contribution in [0.5, 0.6) is 5.88 Å². The van der Waals surface area contributed by atoms with Crippen molar-refractivity contribution in [3.05, 3.63) is 22.3 Å². The summed E-state index contributed by atoms with van der Waals surface area (Å²) in [4.78, 5) is 14.9. The molecule has 0 aliphatic carbocycles. The zero-order chi connectivity index (χ0) is 13.0. The SMILES string of the molecule is CCOC(=O)c1cc(Cl)c(OC)nc1C(F)F. The Kier molecular flexibility index (Phi) is 4.62. The molecule has 0 aromatic carbocycles. The maximum Gasteiger partial charge on any atom is 0.340 e. The van der Waals surface area contributed by atoms with Crippen molar-refractivity contribution < 1.29 is 23.0 Å². The van der Waals surface area contributed by atoms with Gasteiger partial charge in [-0.2, -0.15) is 0 Å². The maximum atomic E-state index is 12.7. The maximum absolute atomic E-state index is 12.7. The van der Waals surface area contributed by atoms with Crippen molar-refractivity contribution in [1.29, 1.82) is 0 Å². The number of pyridine rings is 1.